The van der Waals surface area contributed by atoms with Crippen molar-refractivity contribution in [1.29, 1.82) is 0 Å². The Balaban J connectivity index is 2.25. The SMILES string of the molecule is CCC(NS(=O)(=O)c1ccnn1C)c1ncc[nH]1. The highest BCUT2D eigenvalue weighted by Gasteiger charge is 2.23. The van der Waals surface area contributed by atoms with Crippen LogP contribution in [0.2, 0.25) is 0 Å². The van der Waals surface area contributed by atoms with E-state index in [0.717, 1.165) is 0 Å². The van der Waals surface area contributed by atoms with Crippen LogP contribution in [-0.2, 0) is 17.1 Å². The van der Waals surface area contributed by atoms with Gasteiger partial charge in [0.2, 0.25) is 0 Å². The van der Waals surface area contributed by atoms with Gasteiger partial charge in [0.1, 0.15) is 5.82 Å². The normalized spacial score (nSPS) is 13.7. The smallest absolute Gasteiger partial charge is 0.258 e. The highest BCUT2D eigenvalue weighted by molar-refractivity contribution is 7.89. The fourth-order valence-electron chi connectivity index (χ4n) is 1.67. The number of sulfonamides is 1. The Hall–Kier alpha value is -1.67. The maximum absolute atomic E-state index is 12.2. The highest BCUT2D eigenvalue weighted by atomic mass is 32.2. The summed E-state index contributed by atoms with van der Waals surface area (Å²) in [6, 6.07) is 1.08. The Morgan fingerprint density at radius 1 is 1.50 bits per heavy atom. The van der Waals surface area contributed by atoms with Crippen LogP contribution in [0.15, 0.2) is 29.7 Å². The minimum Gasteiger partial charge on any atom is -0.347 e. The molecule has 0 aromatic carbocycles. The maximum Gasteiger partial charge on any atom is 0.258 e. The Morgan fingerprint density at radius 2 is 2.28 bits per heavy atom. The fraction of sp³-hybridized carbons (Fsp3) is 0.400. The van der Waals surface area contributed by atoms with E-state index in [1.165, 1.54) is 16.9 Å². The molecule has 0 aliphatic carbocycles. The van der Waals surface area contributed by atoms with E-state index in [4.69, 9.17) is 0 Å². The quantitative estimate of drug-likeness (QED) is 0.830. The predicted octanol–water partition coefficient (Wildman–Crippen LogP) is 0.573. The lowest BCUT2D eigenvalue weighted by Crippen LogP contribution is -2.30. The molecule has 1 unspecified atom stereocenters. The van der Waals surface area contributed by atoms with Gasteiger partial charge in [-0.1, -0.05) is 6.92 Å². The molecule has 1 atom stereocenters. The molecule has 0 radical (unpaired) electrons. The number of nitrogens with zero attached hydrogens (tertiary/aromatic N) is 3. The number of hydrogen-bond acceptors (Lipinski definition) is 4. The van der Waals surface area contributed by atoms with Gasteiger partial charge in [-0.25, -0.2) is 13.4 Å². The zero-order valence-electron chi connectivity index (χ0n) is 10.2. The van der Waals surface area contributed by atoms with E-state index < -0.39 is 10.0 Å². The summed E-state index contributed by atoms with van der Waals surface area (Å²) in [6.07, 6.45) is 5.31. The third-order valence-electron chi connectivity index (χ3n) is 2.61. The molecule has 2 aromatic heterocycles. The summed E-state index contributed by atoms with van der Waals surface area (Å²) in [5.74, 6) is 0.600. The van der Waals surface area contributed by atoms with Crippen LogP contribution in [0.4, 0.5) is 0 Å². The predicted molar refractivity (Wildman–Crippen MR) is 65.1 cm³/mol. The van der Waals surface area contributed by atoms with E-state index in [9.17, 15) is 8.42 Å². The monoisotopic (exact) mass is 269 g/mol. The molecular weight excluding hydrogens is 254 g/mol. The summed E-state index contributed by atoms with van der Waals surface area (Å²) >= 11 is 0. The Morgan fingerprint density at radius 3 is 2.78 bits per heavy atom. The van der Waals surface area contributed by atoms with Gasteiger partial charge < -0.3 is 4.98 Å². The molecule has 2 N–H and O–H groups in total. The molecule has 2 rings (SSSR count). The summed E-state index contributed by atoms with van der Waals surface area (Å²) in [7, 11) is -2.01. The summed E-state index contributed by atoms with van der Waals surface area (Å²) < 4.78 is 28.3. The number of aryl methyl sites for hydroxylation is 1. The molecule has 0 spiro atoms. The molecule has 0 saturated carbocycles. The molecule has 8 heteroatoms. The minimum absolute atomic E-state index is 0.132. The van der Waals surface area contributed by atoms with Crippen LogP contribution in [0.5, 0.6) is 0 Å². The molecule has 0 saturated heterocycles. The number of H-pyrrole nitrogens is 1. The van der Waals surface area contributed by atoms with Crippen molar-refractivity contribution in [3.8, 4) is 0 Å². The van der Waals surface area contributed by atoms with Gasteiger partial charge >= 0.3 is 0 Å². The number of aromatic amines is 1. The van der Waals surface area contributed by atoms with E-state index in [0.29, 0.717) is 12.2 Å². The molecular formula is C10H15N5O2S. The van der Waals surface area contributed by atoms with Gasteiger partial charge in [-0.2, -0.15) is 9.82 Å². The molecule has 98 valence electrons. The van der Waals surface area contributed by atoms with Crippen LogP contribution >= 0.6 is 0 Å². The number of rotatable bonds is 5. The lowest BCUT2D eigenvalue weighted by molar-refractivity contribution is 0.527. The van der Waals surface area contributed by atoms with E-state index in [2.05, 4.69) is 19.8 Å². The first-order chi connectivity index (χ1) is 8.54. The van der Waals surface area contributed by atoms with Crippen molar-refractivity contribution in [3.63, 3.8) is 0 Å². The third-order valence-corrected chi connectivity index (χ3v) is 4.15. The highest BCUT2D eigenvalue weighted by Crippen LogP contribution is 2.16. The Bertz CT molecular complexity index is 602. The second-order valence-electron chi connectivity index (χ2n) is 3.85. The minimum atomic E-state index is -3.59. The molecule has 2 heterocycles. The van der Waals surface area contributed by atoms with E-state index in [1.54, 1.807) is 19.4 Å². The Labute approximate surface area is 105 Å². The maximum atomic E-state index is 12.2. The van der Waals surface area contributed by atoms with Crippen LogP contribution in [0, 0.1) is 0 Å². The molecule has 7 nitrogen and oxygen atoms in total. The standard InChI is InChI=1S/C10H15N5O2S/c1-3-8(10-11-6-7-12-10)14-18(16,17)9-4-5-13-15(9)2/h4-8,14H,3H2,1-2H3,(H,11,12). The number of hydrogen-bond donors (Lipinski definition) is 2. The number of aromatic nitrogens is 4. The third kappa shape index (κ3) is 2.44. The summed E-state index contributed by atoms with van der Waals surface area (Å²) in [5.41, 5.74) is 0. The zero-order chi connectivity index (χ0) is 13.2. The van der Waals surface area contributed by atoms with Crippen molar-refractivity contribution < 1.29 is 8.42 Å². The van der Waals surface area contributed by atoms with Crippen LogP contribution < -0.4 is 4.72 Å². The first-order valence-corrected chi connectivity index (χ1v) is 7.02. The topological polar surface area (TPSA) is 92.7 Å². The van der Waals surface area contributed by atoms with Gasteiger partial charge in [0, 0.05) is 19.4 Å². The van der Waals surface area contributed by atoms with Gasteiger partial charge in [0.15, 0.2) is 5.03 Å². The first kappa shape index (κ1) is 12.8. The first-order valence-electron chi connectivity index (χ1n) is 5.54. The van der Waals surface area contributed by atoms with E-state index in [-0.39, 0.29) is 11.1 Å². The molecule has 18 heavy (non-hydrogen) atoms. The second kappa shape index (κ2) is 4.91. The van der Waals surface area contributed by atoms with Gasteiger partial charge in [-0.3, -0.25) is 4.68 Å². The largest absolute Gasteiger partial charge is 0.347 e. The molecule has 0 amide bonds. The van der Waals surface area contributed by atoms with Crippen LogP contribution in [0.25, 0.3) is 0 Å². The van der Waals surface area contributed by atoms with E-state index >= 15 is 0 Å². The van der Waals surface area contributed by atoms with Crippen LogP contribution in [0.1, 0.15) is 25.2 Å². The van der Waals surface area contributed by atoms with Gasteiger partial charge in [-0.15, -0.1) is 0 Å². The van der Waals surface area contributed by atoms with Crippen molar-refractivity contribution in [2.24, 2.45) is 7.05 Å². The molecule has 2 aromatic rings. The van der Waals surface area contributed by atoms with Gasteiger partial charge in [0.25, 0.3) is 10.0 Å². The van der Waals surface area contributed by atoms with Crippen molar-refractivity contribution in [2.75, 3.05) is 0 Å². The van der Waals surface area contributed by atoms with Crippen molar-refractivity contribution in [2.45, 2.75) is 24.4 Å². The molecule has 0 fully saturated rings. The Kier molecular flexibility index (Phi) is 3.48. The lowest BCUT2D eigenvalue weighted by Gasteiger charge is -2.14. The molecule has 0 bridgehead atoms. The molecule has 0 aliphatic rings. The zero-order valence-corrected chi connectivity index (χ0v) is 11.0. The fourth-order valence-corrected chi connectivity index (χ4v) is 3.08. The van der Waals surface area contributed by atoms with Gasteiger partial charge in [0.05, 0.1) is 12.2 Å². The summed E-state index contributed by atoms with van der Waals surface area (Å²) in [4.78, 5) is 6.98. The van der Waals surface area contributed by atoms with Crippen molar-refractivity contribution in [1.82, 2.24) is 24.5 Å². The van der Waals surface area contributed by atoms with Crippen LogP contribution in [-0.4, -0.2) is 28.2 Å². The van der Waals surface area contributed by atoms with Gasteiger partial charge in [-0.05, 0) is 12.5 Å². The average Bonchev–Trinajstić information content (AvgIpc) is 2.96. The van der Waals surface area contributed by atoms with Crippen molar-refractivity contribution >= 4 is 10.0 Å². The van der Waals surface area contributed by atoms with Crippen molar-refractivity contribution in [3.05, 3.63) is 30.5 Å². The van der Waals surface area contributed by atoms with Crippen LogP contribution in [0.3, 0.4) is 0 Å². The number of nitrogens with one attached hydrogen (secondary N) is 2. The summed E-state index contributed by atoms with van der Waals surface area (Å²) in [5, 5.41) is 3.98. The number of imidazole rings is 1. The average molecular weight is 269 g/mol. The van der Waals surface area contributed by atoms with E-state index in [1.807, 2.05) is 6.92 Å². The summed E-state index contributed by atoms with van der Waals surface area (Å²) in [6.45, 7) is 1.89. The molecule has 0 aliphatic heterocycles. The lowest BCUT2D eigenvalue weighted by atomic mass is 10.2. The second-order valence-corrected chi connectivity index (χ2v) is 5.51.